The number of hydrogen-bond donors (Lipinski definition) is 2. The van der Waals surface area contributed by atoms with Crippen LogP contribution in [0.15, 0.2) is 24.3 Å². The number of urea groups is 1. The standard InChI is InChI=1S/C15H20N2O3S/c1-10(9-21-2)16-15(20)17-8-12-6-4-3-5-11(12)7-13(17)14(18)19/h3-6,10,13H,7-9H2,1-2H3,(H,16,20)(H,18,19)/t10?,13-/m1/s1. The summed E-state index contributed by atoms with van der Waals surface area (Å²) in [5.74, 6) is -0.161. The molecule has 0 fully saturated rings. The topological polar surface area (TPSA) is 69.6 Å². The number of fused-ring (bicyclic) bond motifs is 1. The maximum Gasteiger partial charge on any atom is 0.326 e. The molecule has 0 radical (unpaired) electrons. The van der Waals surface area contributed by atoms with Crippen LogP contribution in [-0.2, 0) is 17.8 Å². The first-order valence-electron chi connectivity index (χ1n) is 6.88. The molecule has 114 valence electrons. The third-order valence-electron chi connectivity index (χ3n) is 3.58. The second kappa shape index (κ2) is 6.85. The molecule has 1 aliphatic rings. The monoisotopic (exact) mass is 308 g/mol. The van der Waals surface area contributed by atoms with Crippen LogP contribution in [0.3, 0.4) is 0 Å². The van der Waals surface area contributed by atoms with E-state index < -0.39 is 12.0 Å². The molecule has 0 saturated carbocycles. The van der Waals surface area contributed by atoms with Crippen molar-refractivity contribution in [2.75, 3.05) is 12.0 Å². The number of amides is 2. The molecule has 1 aromatic rings. The van der Waals surface area contributed by atoms with Gasteiger partial charge < -0.3 is 15.3 Å². The largest absolute Gasteiger partial charge is 0.480 e. The summed E-state index contributed by atoms with van der Waals surface area (Å²) in [7, 11) is 0. The molecule has 0 bridgehead atoms. The molecule has 5 nitrogen and oxygen atoms in total. The average Bonchev–Trinajstić information content (AvgIpc) is 2.45. The van der Waals surface area contributed by atoms with Gasteiger partial charge in [-0.1, -0.05) is 24.3 Å². The SMILES string of the molecule is CSCC(C)NC(=O)N1Cc2ccccc2C[C@@H]1C(=O)O. The van der Waals surface area contributed by atoms with Gasteiger partial charge in [0.15, 0.2) is 0 Å². The summed E-state index contributed by atoms with van der Waals surface area (Å²) >= 11 is 1.64. The van der Waals surface area contributed by atoms with Crippen molar-refractivity contribution in [1.29, 1.82) is 0 Å². The van der Waals surface area contributed by atoms with Gasteiger partial charge in [0.2, 0.25) is 0 Å². The predicted octanol–water partition coefficient (Wildman–Crippen LogP) is 1.96. The molecule has 0 spiro atoms. The Morgan fingerprint density at radius 3 is 2.71 bits per heavy atom. The van der Waals surface area contributed by atoms with Gasteiger partial charge in [-0.05, 0) is 24.3 Å². The highest BCUT2D eigenvalue weighted by Crippen LogP contribution is 2.23. The fraction of sp³-hybridized carbons (Fsp3) is 0.467. The zero-order valence-corrected chi connectivity index (χ0v) is 13.0. The molecule has 1 heterocycles. The van der Waals surface area contributed by atoms with Crippen molar-refractivity contribution in [3.8, 4) is 0 Å². The quantitative estimate of drug-likeness (QED) is 0.892. The zero-order valence-electron chi connectivity index (χ0n) is 12.2. The van der Waals surface area contributed by atoms with Gasteiger partial charge in [-0.3, -0.25) is 0 Å². The summed E-state index contributed by atoms with van der Waals surface area (Å²) in [6.45, 7) is 2.26. The number of aliphatic carboxylic acids is 1. The minimum absolute atomic E-state index is 0.0131. The lowest BCUT2D eigenvalue weighted by atomic mass is 9.94. The molecule has 2 atom stereocenters. The molecule has 21 heavy (non-hydrogen) atoms. The van der Waals surface area contributed by atoms with Crippen LogP contribution in [0.25, 0.3) is 0 Å². The number of carboxylic acids is 1. The van der Waals surface area contributed by atoms with Crippen LogP contribution in [0.5, 0.6) is 0 Å². The minimum atomic E-state index is -0.961. The number of nitrogens with one attached hydrogen (secondary N) is 1. The van der Waals surface area contributed by atoms with Gasteiger partial charge in [0.1, 0.15) is 6.04 Å². The van der Waals surface area contributed by atoms with Crippen molar-refractivity contribution in [3.63, 3.8) is 0 Å². The maximum absolute atomic E-state index is 12.4. The summed E-state index contributed by atoms with van der Waals surface area (Å²) < 4.78 is 0. The predicted molar refractivity (Wildman–Crippen MR) is 83.5 cm³/mol. The van der Waals surface area contributed by atoms with Crippen molar-refractivity contribution < 1.29 is 14.7 Å². The molecular weight excluding hydrogens is 288 g/mol. The molecule has 0 aliphatic carbocycles. The van der Waals surface area contributed by atoms with Crippen molar-refractivity contribution in [2.24, 2.45) is 0 Å². The van der Waals surface area contributed by atoms with E-state index in [0.29, 0.717) is 13.0 Å². The number of carboxylic acid groups (broad SMARTS) is 1. The van der Waals surface area contributed by atoms with Crippen LogP contribution >= 0.6 is 11.8 Å². The number of nitrogens with zero attached hydrogens (tertiary/aromatic N) is 1. The summed E-state index contributed by atoms with van der Waals surface area (Å²) in [5.41, 5.74) is 2.02. The first-order chi connectivity index (χ1) is 10.0. The van der Waals surface area contributed by atoms with E-state index in [9.17, 15) is 14.7 Å². The van der Waals surface area contributed by atoms with Crippen LogP contribution in [0, 0.1) is 0 Å². The van der Waals surface area contributed by atoms with Crippen LogP contribution < -0.4 is 5.32 Å². The van der Waals surface area contributed by atoms with E-state index in [2.05, 4.69) is 5.32 Å². The Morgan fingerprint density at radius 1 is 1.43 bits per heavy atom. The van der Waals surface area contributed by atoms with E-state index >= 15 is 0 Å². The van der Waals surface area contributed by atoms with Gasteiger partial charge in [0.05, 0.1) is 0 Å². The zero-order chi connectivity index (χ0) is 15.4. The Morgan fingerprint density at radius 2 is 2.10 bits per heavy atom. The van der Waals surface area contributed by atoms with Gasteiger partial charge in [-0.25, -0.2) is 9.59 Å². The van der Waals surface area contributed by atoms with E-state index in [-0.39, 0.29) is 12.1 Å². The second-order valence-electron chi connectivity index (χ2n) is 5.26. The van der Waals surface area contributed by atoms with Crippen LogP contribution in [0.4, 0.5) is 4.79 Å². The highest BCUT2D eigenvalue weighted by Gasteiger charge is 2.34. The van der Waals surface area contributed by atoms with Gasteiger partial charge in [-0.2, -0.15) is 11.8 Å². The minimum Gasteiger partial charge on any atom is -0.480 e. The normalized spacial score (nSPS) is 18.8. The van der Waals surface area contributed by atoms with Gasteiger partial charge >= 0.3 is 12.0 Å². The Labute approximate surface area is 128 Å². The van der Waals surface area contributed by atoms with Crippen molar-refractivity contribution in [2.45, 2.75) is 32.0 Å². The highest BCUT2D eigenvalue weighted by atomic mass is 32.2. The number of hydrogen-bond acceptors (Lipinski definition) is 3. The molecule has 2 rings (SSSR count). The van der Waals surface area contributed by atoms with E-state index in [1.54, 1.807) is 11.8 Å². The third kappa shape index (κ3) is 3.69. The summed E-state index contributed by atoms with van der Waals surface area (Å²) in [6, 6.07) is 6.58. The first-order valence-corrected chi connectivity index (χ1v) is 8.28. The molecule has 0 aromatic heterocycles. The molecule has 0 saturated heterocycles. The van der Waals surface area contributed by atoms with E-state index in [0.717, 1.165) is 16.9 Å². The lowest BCUT2D eigenvalue weighted by molar-refractivity contribution is -0.142. The molecule has 1 aliphatic heterocycles. The van der Waals surface area contributed by atoms with Gasteiger partial charge in [-0.15, -0.1) is 0 Å². The average molecular weight is 308 g/mol. The summed E-state index contributed by atoms with van der Waals surface area (Å²) in [5, 5.41) is 12.3. The molecule has 6 heteroatoms. The van der Waals surface area contributed by atoms with E-state index in [4.69, 9.17) is 0 Å². The second-order valence-corrected chi connectivity index (χ2v) is 6.17. The summed E-state index contributed by atoms with van der Waals surface area (Å²) in [4.78, 5) is 25.2. The number of rotatable bonds is 4. The Hall–Kier alpha value is -1.69. The van der Waals surface area contributed by atoms with Gasteiger partial charge in [0, 0.05) is 24.8 Å². The Kier molecular flexibility index (Phi) is 5.12. The molecule has 1 aromatic carbocycles. The summed E-state index contributed by atoms with van der Waals surface area (Å²) in [6.07, 6.45) is 2.33. The van der Waals surface area contributed by atoms with Crippen molar-refractivity contribution >= 4 is 23.8 Å². The molecule has 2 N–H and O–H groups in total. The highest BCUT2D eigenvalue weighted by molar-refractivity contribution is 7.98. The van der Waals surface area contributed by atoms with Crippen molar-refractivity contribution in [1.82, 2.24) is 10.2 Å². The third-order valence-corrected chi connectivity index (χ3v) is 4.41. The van der Waals surface area contributed by atoms with Crippen LogP contribution in [0.1, 0.15) is 18.1 Å². The lowest BCUT2D eigenvalue weighted by Crippen LogP contribution is -2.54. The maximum atomic E-state index is 12.4. The molecule has 1 unspecified atom stereocenters. The fourth-order valence-electron chi connectivity index (χ4n) is 2.54. The van der Waals surface area contributed by atoms with Gasteiger partial charge in [0.25, 0.3) is 0 Å². The fourth-order valence-corrected chi connectivity index (χ4v) is 3.13. The number of carbonyl (C=O) groups is 2. The number of carbonyl (C=O) groups excluding carboxylic acids is 1. The molecular formula is C15H20N2O3S. The Bertz CT molecular complexity index is 535. The number of thioether (sulfide) groups is 1. The van der Waals surface area contributed by atoms with Crippen LogP contribution in [0.2, 0.25) is 0 Å². The van der Waals surface area contributed by atoms with E-state index in [1.165, 1.54) is 4.90 Å². The van der Waals surface area contributed by atoms with E-state index in [1.807, 2.05) is 37.4 Å². The van der Waals surface area contributed by atoms with Crippen molar-refractivity contribution in [3.05, 3.63) is 35.4 Å². The van der Waals surface area contributed by atoms with Crippen LogP contribution in [-0.4, -0.2) is 46.1 Å². The Balaban J connectivity index is 2.16. The first kappa shape index (κ1) is 15.7. The molecule has 2 amide bonds. The lowest BCUT2D eigenvalue weighted by Gasteiger charge is -2.35. The smallest absolute Gasteiger partial charge is 0.326 e. The number of benzene rings is 1.